The first-order valence-electron chi connectivity index (χ1n) is 10.4. The number of ether oxygens (including phenoxy) is 1. The van der Waals surface area contributed by atoms with Crippen molar-refractivity contribution in [1.82, 2.24) is 0 Å². The summed E-state index contributed by atoms with van der Waals surface area (Å²) in [7, 11) is -3.75. The van der Waals surface area contributed by atoms with Crippen LogP contribution in [0.3, 0.4) is 0 Å². The Kier molecular flexibility index (Phi) is 6.09. The van der Waals surface area contributed by atoms with E-state index >= 15 is 0 Å². The van der Waals surface area contributed by atoms with Crippen molar-refractivity contribution >= 4 is 21.4 Å². The van der Waals surface area contributed by atoms with Crippen LogP contribution in [0, 0.1) is 0 Å². The lowest BCUT2D eigenvalue weighted by Gasteiger charge is -2.31. The van der Waals surface area contributed by atoms with Crippen molar-refractivity contribution in [2.75, 3.05) is 11.4 Å². The van der Waals surface area contributed by atoms with E-state index in [1.807, 2.05) is 54.6 Å². The predicted octanol–water partition coefficient (Wildman–Crippen LogP) is 4.76. The largest absolute Gasteiger partial charge is 0.457 e. The lowest BCUT2D eigenvalue weighted by molar-refractivity contribution is -0.118. The highest BCUT2D eigenvalue weighted by Crippen LogP contribution is 2.30. The van der Waals surface area contributed by atoms with Crippen LogP contribution in [-0.4, -0.2) is 26.1 Å². The lowest BCUT2D eigenvalue weighted by Crippen LogP contribution is -2.44. The van der Waals surface area contributed by atoms with Crippen molar-refractivity contribution < 1.29 is 17.9 Å². The molecule has 1 atom stereocenters. The number of carbonyl (C=O) groups is 1. The van der Waals surface area contributed by atoms with Gasteiger partial charge in [-0.2, -0.15) is 0 Å². The minimum absolute atomic E-state index is 0.265. The maximum absolute atomic E-state index is 13.2. The second-order valence-electron chi connectivity index (χ2n) is 7.69. The van der Waals surface area contributed by atoms with Crippen LogP contribution in [0.2, 0.25) is 0 Å². The first kappa shape index (κ1) is 21.1. The summed E-state index contributed by atoms with van der Waals surface area (Å²) >= 11 is 0. The Hall–Kier alpha value is -3.12. The number of hydrogen-bond acceptors (Lipinski definition) is 4. The van der Waals surface area contributed by atoms with Gasteiger partial charge < -0.3 is 9.64 Å². The van der Waals surface area contributed by atoms with E-state index in [1.165, 1.54) is 6.92 Å². The van der Waals surface area contributed by atoms with E-state index < -0.39 is 15.1 Å². The van der Waals surface area contributed by atoms with E-state index in [0.717, 1.165) is 24.1 Å². The number of hydrogen-bond donors (Lipinski definition) is 0. The highest BCUT2D eigenvalue weighted by atomic mass is 32.2. The first-order valence-corrected chi connectivity index (χ1v) is 12.1. The van der Waals surface area contributed by atoms with Crippen molar-refractivity contribution in [3.05, 3.63) is 90.0 Å². The Labute approximate surface area is 183 Å². The second-order valence-corrected chi connectivity index (χ2v) is 10.0. The zero-order valence-electron chi connectivity index (χ0n) is 17.4. The molecule has 1 unspecified atom stereocenters. The van der Waals surface area contributed by atoms with Crippen molar-refractivity contribution in [2.45, 2.75) is 30.8 Å². The number of aryl methyl sites for hydroxylation is 1. The fourth-order valence-corrected chi connectivity index (χ4v) is 5.17. The van der Waals surface area contributed by atoms with E-state index in [0.29, 0.717) is 23.6 Å². The summed E-state index contributed by atoms with van der Waals surface area (Å²) in [4.78, 5) is 14.8. The summed E-state index contributed by atoms with van der Waals surface area (Å²) in [6, 6.07) is 23.9. The molecule has 3 aromatic carbocycles. The number of fused-ring (bicyclic) bond motifs is 1. The number of carbonyl (C=O) groups excluding carboxylic acids is 1. The quantitative estimate of drug-likeness (QED) is 0.560. The van der Waals surface area contributed by atoms with Crippen molar-refractivity contribution in [2.24, 2.45) is 0 Å². The van der Waals surface area contributed by atoms with Crippen LogP contribution < -0.4 is 9.64 Å². The van der Waals surface area contributed by atoms with Gasteiger partial charge in [-0.05, 0) is 49.6 Å². The average Bonchev–Trinajstić information content (AvgIpc) is 2.79. The van der Waals surface area contributed by atoms with Crippen LogP contribution in [0.1, 0.15) is 24.5 Å². The minimum Gasteiger partial charge on any atom is -0.457 e. The second kappa shape index (κ2) is 8.94. The van der Waals surface area contributed by atoms with Crippen LogP contribution in [0.15, 0.2) is 78.9 Å². The molecule has 160 valence electrons. The van der Waals surface area contributed by atoms with Crippen LogP contribution in [0.25, 0.3) is 0 Å². The van der Waals surface area contributed by atoms with Crippen molar-refractivity contribution in [3.63, 3.8) is 0 Å². The van der Waals surface area contributed by atoms with Gasteiger partial charge in [0.25, 0.3) is 0 Å². The fourth-order valence-electron chi connectivity index (χ4n) is 3.82. The number of benzene rings is 3. The smallest absolute Gasteiger partial charge is 0.245 e. The van der Waals surface area contributed by atoms with Crippen LogP contribution >= 0.6 is 0 Å². The Morgan fingerprint density at radius 2 is 1.65 bits per heavy atom. The maximum atomic E-state index is 13.2. The highest BCUT2D eigenvalue weighted by Gasteiger charge is 2.34. The van der Waals surface area contributed by atoms with Gasteiger partial charge >= 0.3 is 0 Å². The highest BCUT2D eigenvalue weighted by molar-refractivity contribution is 7.92. The van der Waals surface area contributed by atoms with Crippen LogP contribution in [0.5, 0.6) is 11.5 Å². The van der Waals surface area contributed by atoms with E-state index in [2.05, 4.69) is 0 Å². The number of sulfone groups is 1. The first-order chi connectivity index (χ1) is 15.0. The molecule has 1 aliphatic rings. The lowest BCUT2D eigenvalue weighted by atomic mass is 10.0. The van der Waals surface area contributed by atoms with Gasteiger partial charge in [-0.25, -0.2) is 8.42 Å². The molecule has 0 aliphatic carbocycles. The number of para-hydroxylation sites is 3. The summed E-state index contributed by atoms with van der Waals surface area (Å²) in [5.74, 6) is 0.452. The molecule has 0 saturated carbocycles. The van der Waals surface area contributed by atoms with E-state index in [9.17, 15) is 13.2 Å². The number of nitrogens with zero attached hydrogens (tertiary/aromatic N) is 1. The summed E-state index contributed by atoms with van der Waals surface area (Å²) in [6.07, 6.45) is 1.72. The molecule has 0 aromatic heterocycles. The molecule has 5 nitrogen and oxygen atoms in total. The van der Waals surface area contributed by atoms with Crippen LogP contribution in [0.4, 0.5) is 5.69 Å². The van der Waals surface area contributed by atoms with E-state index in [1.54, 1.807) is 29.2 Å². The Balaban J connectivity index is 1.55. The van der Waals surface area contributed by atoms with Gasteiger partial charge in [0, 0.05) is 17.8 Å². The zero-order chi connectivity index (χ0) is 21.8. The Morgan fingerprint density at radius 3 is 2.45 bits per heavy atom. The summed E-state index contributed by atoms with van der Waals surface area (Å²) < 4.78 is 32.3. The Bertz CT molecular complexity index is 1170. The molecule has 0 radical (unpaired) electrons. The van der Waals surface area contributed by atoms with Gasteiger partial charge in [0.2, 0.25) is 5.91 Å². The predicted molar refractivity (Wildman–Crippen MR) is 122 cm³/mol. The molecule has 0 bridgehead atoms. The third kappa shape index (κ3) is 4.64. The van der Waals surface area contributed by atoms with E-state index in [-0.39, 0.29) is 11.7 Å². The van der Waals surface area contributed by atoms with Gasteiger partial charge in [0.05, 0.1) is 5.75 Å². The van der Waals surface area contributed by atoms with Crippen molar-refractivity contribution in [1.29, 1.82) is 0 Å². The fraction of sp³-hybridized carbons (Fsp3) is 0.240. The zero-order valence-corrected chi connectivity index (χ0v) is 18.2. The number of rotatable bonds is 6. The average molecular weight is 436 g/mol. The molecule has 0 saturated heterocycles. The van der Waals surface area contributed by atoms with Gasteiger partial charge in [0.15, 0.2) is 9.84 Å². The van der Waals surface area contributed by atoms with Crippen molar-refractivity contribution in [3.8, 4) is 11.5 Å². The maximum Gasteiger partial charge on any atom is 0.245 e. The molecule has 31 heavy (non-hydrogen) atoms. The molecule has 4 rings (SSSR count). The van der Waals surface area contributed by atoms with Gasteiger partial charge in [-0.1, -0.05) is 54.6 Å². The molecular weight excluding hydrogens is 410 g/mol. The molecule has 3 aromatic rings. The molecule has 6 heteroatoms. The summed E-state index contributed by atoms with van der Waals surface area (Å²) in [5.41, 5.74) is 2.42. The van der Waals surface area contributed by atoms with Gasteiger partial charge in [0.1, 0.15) is 16.7 Å². The van der Waals surface area contributed by atoms with Gasteiger partial charge in [-0.15, -0.1) is 0 Å². The third-order valence-electron chi connectivity index (χ3n) is 5.56. The summed E-state index contributed by atoms with van der Waals surface area (Å²) in [6.45, 7) is 2.01. The molecule has 1 aliphatic heterocycles. The SMILES string of the molecule is CC(C(=O)N1CCCc2ccccc21)S(=O)(=O)Cc1ccccc1Oc1ccccc1. The molecule has 0 fully saturated rings. The van der Waals surface area contributed by atoms with E-state index in [4.69, 9.17) is 4.74 Å². The molecule has 0 spiro atoms. The number of amides is 1. The third-order valence-corrected chi connectivity index (χ3v) is 7.56. The molecule has 1 amide bonds. The Morgan fingerprint density at radius 1 is 0.968 bits per heavy atom. The van der Waals surface area contributed by atoms with Gasteiger partial charge in [-0.3, -0.25) is 4.79 Å². The molecular formula is C25H25NO4S. The topological polar surface area (TPSA) is 63.7 Å². The molecule has 1 heterocycles. The minimum atomic E-state index is -3.75. The molecule has 0 N–H and O–H groups in total. The summed E-state index contributed by atoms with van der Waals surface area (Å²) in [5, 5.41) is -1.15. The monoisotopic (exact) mass is 435 g/mol. The normalized spacial score (nSPS) is 14.5. The van der Waals surface area contributed by atoms with Crippen LogP contribution in [-0.2, 0) is 26.8 Å². The standard InChI is InChI=1S/C25H25NO4S/c1-19(25(27)26-17-9-12-20-10-5-7-15-23(20)26)31(28,29)18-21-11-6-8-16-24(21)30-22-13-3-2-4-14-22/h2-8,10-11,13-16,19H,9,12,17-18H2,1H3. The number of anilines is 1.